The minimum atomic E-state index is -3.87. The molecular formula is C25H30N2O5S. The summed E-state index contributed by atoms with van der Waals surface area (Å²) in [6.07, 6.45) is 3.42. The number of sulfonamides is 1. The van der Waals surface area contributed by atoms with Gasteiger partial charge in [-0.3, -0.25) is 14.5 Å². The zero-order chi connectivity index (χ0) is 23.6. The Morgan fingerprint density at radius 3 is 2.27 bits per heavy atom. The van der Waals surface area contributed by atoms with Gasteiger partial charge in [-0.2, -0.15) is 0 Å². The second-order valence-electron chi connectivity index (χ2n) is 8.91. The maximum absolute atomic E-state index is 13.1. The quantitative estimate of drug-likeness (QED) is 0.597. The van der Waals surface area contributed by atoms with Gasteiger partial charge in [0.2, 0.25) is 21.8 Å². The summed E-state index contributed by atoms with van der Waals surface area (Å²) in [7, 11) is -2.46. The summed E-state index contributed by atoms with van der Waals surface area (Å²) >= 11 is 0. The van der Waals surface area contributed by atoms with E-state index in [-0.39, 0.29) is 53.3 Å². The molecule has 176 valence electrons. The molecule has 4 rings (SSSR count). The van der Waals surface area contributed by atoms with Crippen molar-refractivity contribution in [1.82, 2.24) is 9.62 Å². The summed E-state index contributed by atoms with van der Waals surface area (Å²) in [6, 6.07) is 14.4. The number of likely N-dealkylation sites (tertiary alicyclic amines) is 1. The van der Waals surface area contributed by atoms with Gasteiger partial charge >= 0.3 is 0 Å². The van der Waals surface area contributed by atoms with E-state index in [1.54, 1.807) is 12.1 Å². The fourth-order valence-corrected chi connectivity index (χ4v) is 6.16. The first-order valence-corrected chi connectivity index (χ1v) is 12.9. The van der Waals surface area contributed by atoms with Crippen molar-refractivity contribution in [2.45, 2.75) is 50.0 Å². The maximum Gasteiger partial charge on any atom is 0.244 e. The van der Waals surface area contributed by atoms with E-state index in [0.717, 1.165) is 31.2 Å². The van der Waals surface area contributed by atoms with E-state index in [4.69, 9.17) is 4.74 Å². The SMILES string of the molecule is COc1ccc(CN2C(=O)[C@H]3CCCC[C@H]3C2=O)cc1S(=O)(=O)NC[C@H](C)c1ccccc1. The molecule has 1 N–H and O–H groups in total. The Labute approximate surface area is 195 Å². The van der Waals surface area contributed by atoms with Crippen molar-refractivity contribution >= 4 is 21.8 Å². The third-order valence-electron chi connectivity index (χ3n) is 6.74. The number of imide groups is 1. The van der Waals surface area contributed by atoms with Crippen LogP contribution in [0.15, 0.2) is 53.4 Å². The van der Waals surface area contributed by atoms with Crippen molar-refractivity contribution in [3.63, 3.8) is 0 Å². The maximum atomic E-state index is 13.1. The number of amides is 2. The van der Waals surface area contributed by atoms with Crippen LogP contribution in [0.3, 0.4) is 0 Å². The van der Waals surface area contributed by atoms with E-state index >= 15 is 0 Å². The van der Waals surface area contributed by atoms with Crippen LogP contribution in [-0.4, -0.2) is 38.8 Å². The van der Waals surface area contributed by atoms with Crippen LogP contribution >= 0.6 is 0 Å². The number of hydrogen-bond acceptors (Lipinski definition) is 5. The van der Waals surface area contributed by atoms with Crippen LogP contribution in [0.5, 0.6) is 5.75 Å². The Balaban J connectivity index is 1.53. The summed E-state index contributed by atoms with van der Waals surface area (Å²) in [5.41, 5.74) is 1.61. The fraction of sp³-hybridized carbons (Fsp3) is 0.440. The van der Waals surface area contributed by atoms with Crippen LogP contribution in [-0.2, 0) is 26.2 Å². The number of benzene rings is 2. The number of rotatable bonds is 8. The summed E-state index contributed by atoms with van der Waals surface area (Å²) in [5, 5.41) is 0. The molecule has 0 unspecified atom stereocenters. The molecule has 1 saturated carbocycles. The summed E-state index contributed by atoms with van der Waals surface area (Å²) in [6.45, 7) is 2.25. The Bertz CT molecular complexity index is 1110. The van der Waals surface area contributed by atoms with Crippen LogP contribution in [0.25, 0.3) is 0 Å². The zero-order valence-corrected chi connectivity index (χ0v) is 19.8. The Morgan fingerprint density at radius 1 is 1.03 bits per heavy atom. The second kappa shape index (κ2) is 9.65. The van der Waals surface area contributed by atoms with Crippen molar-refractivity contribution in [1.29, 1.82) is 0 Å². The lowest BCUT2D eigenvalue weighted by molar-refractivity contribution is -0.140. The van der Waals surface area contributed by atoms with E-state index < -0.39 is 10.0 Å². The lowest BCUT2D eigenvalue weighted by atomic mass is 9.81. The van der Waals surface area contributed by atoms with E-state index in [1.807, 2.05) is 37.3 Å². The number of ether oxygens (including phenoxy) is 1. The highest BCUT2D eigenvalue weighted by molar-refractivity contribution is 7.89. The van der Waals surface area contributed by atoms with Crippen LogP contribution in [0.1, 0.15) is 49.7 Å². The third kappa shape index (κ3) is 4.82. The Kier molecular flexibility index (Phi) is 6.86. The lowest BCUT2D eigenvalue weighted by Gasteiger charge is -2.19. The molecule has 1 aliphatic heterocycles. The number of fused-ring (bicyclic) bond motifs is 1. The van der Waals surface area contributed by atoms with Gasteiger partial charge in [0.15, 0.2) is 0 Å². The largest absolute Gasteiger partial charge is 0.495 e. The number of nitrogens with one attached hydrogen (secondary N) is 1. The number of carbonyl (C=O) groups excluding carboxylic acids is 2. The lowest BCUT2D eigenvalue weighted by Crippen LogP contribution is -2.31. The number of carbonyl (C=O) groups is 2. The number of hydrogen-bond donors (Lipinski definition) is 1. The molecule has 7 nitrogen and oxygen atoms in total. The molecule has 0 radical (unpaired) electrons. The molecule has 2 aromatic rings. The molecule has 0 bridgehead atoms. The molecule has 2 aliphatic rings. The molecule has 2 aromatic carbocycles. The van der Waals surface area contributed by atoms with Gasteiger partial charge in [0.05, 0.1) is 25.5 Å². The molecular weight excluding hydrogens is 440 g/mol. The number of nitrogens with zero attached hydrogens (tertiary/aromatic N) is 1. The van der Waals surface area contributed by atoms with Gasteiger partial charge in [-0.05, 0) is 42.0 Å². The molecule has 3 atom stereocenters. The van der Waals surface area contributed by atoms with Crippen LogP contribution in [0.4, 0.5) is 0 Å². The minimum Gasteiger partial charge on any atom is -0.495 e. The van der Waals surface area contributed by atoms with E-state index in [1.165, 1.54) is 18.1 Å². The normalized spacial score (nSPS) is 21.7. The molecule has 8 heteroatoms. The topological polar surface area (TPSA) is 92.8 Å². The van der Waals surface area contributed by atoms with E-state index in [0.29, 0.717) is 5.56 Å². The fourth-order valence-electron chi connectivity index (χ4n) is 4.81. The molecule has 0 aromatic heterocycles. The highest BCUT2D eigenvalue weighted by Crippen LogP contribution is 2.39. The van der Waals surface area contributed by atoms with Crippen molar-refractivity contribution < 1.29 is 22.7 Å². The summed E-state index contributed by atoms with van der Waals surface area (Å²) in [5.74, 6) is -0.535. The Morgan fingerprint density at radius 2 is 1.67 bits per heavy atom. The molecule has 0 spiro atoms. The van der Waals surface area contributed by atoms with Crippen molar-refractivity contribution in [3.8, 4) is 5.75 Å². The first kappa shape index (κ1) is 23.4. The van der Waals surface area contributed by atoms with Crippen LogP contribution < -0.4 is 9.46 Å². The predicted molar refractivity (Wildman–Crippen MR) is 124 cm³/mol. The Hall–Kier alpha value is -2.71. The van der Waals surface area contributed by atoms with Gasteiger partial charge in [0.1, 0.15) is 10.6 Å². The molecule has 2 amide bonds. The first-order valence-electron chi connectivity index (χ1n) is 11.4. The van der Waals surface area contributed by atoms with Crippen LogP contribution in [0, 0.1) is 11.8 Å². The van der Waals surface area contributed by atoms with Crippen molar-refractivity contribution in [3.05, 3.63) is 59.7 Å². The average Bonchev–Trinajstić information content (AvgIpc) is 3.08. The smallest absolute Gasteiger partial charge is 0.244 e. The molecule has 33 heavy (non-hydrogen) atoms. The van der Waals surface area contributed by atoms with Gasteiger partial charge in [0.25, 0.3) is 0 Å². The van der Waals surface area contributed by atoms with Gasteiger partial charge < -0.3 is 4.74 Å². The molecule has 1 heterocycles. The molecule has 1 aliphatic carbocycles. The van der Waals surface area contributed by atoms with Gasteiger partial charge in [-0.25, -0.2) is 13.1 Å². The first-order chi connectivity index (χ1) is 15.8. The van der Waals surface area contributed by atoms with E-state index in [9.17, 15) is 18.0 Å². The van der Waals surface area contributed by atoms with Gasteiger partial charge in [-0.15, -0.1) is 0 Å². The predicted octanol–water partition coefficient (Wildman–Crippen LogP) is 3.45. The standard InChI is InChI=1S/C25H30N2O5S/c1-17(19-8-4-3-5-9-19)15-26-33(30,31)23-14-18(12-13-22(23)32-2)16-27-24(28)20-10-6-7-11-21(20)25(27)29/h3-5,8-9,12-14,17,20-21,26H,6-7,10-11,15-16H2,1-2H3/t17-,20-,21+/m0/s1. The zero-order valence-electron chi connectivity index (χ0n) is 19.0. The summed E-state index contributed by atoms with van der Waals surface area (Å²) in [4.78, 5) is 26.9. The number of methoxy groups -OCH3 is 1. The highest BCUT2D eigenvalue weighted by Gasteiger charge is 2.47. The van der Waals surface area contributed by atoms with Crippen molar-refractivity contribution in [2.24, 2.45) is 11.8 Å². The van der Waals surface area contributed by atoms with Crippen molar-refractivity contribution in [2.75, 3.05) is 13.7 Å². The van der Waals surface area contributed by atoms with E-state index in [2.05, 4.69) is 4.72 Å². The van der Waals surface area contributed by atoms with Gasteiger partial charge in [0, 0.05) is 6.54 Å². The molecule has 1 saturated heterocycles. The summed E-state index contributed by atoms with van der Waals surface area (Å²) < 4.78 is 34.2. The van der Waals surface area contributed by atoms with Crippen LogP contribution in [0.2, 0.25) is 0 Å². The monoisotopic (exact) mass is 470 g/mol. The average molecular weight is 471 g/mol. The third-order valence-corrected chi connectivity index (χ3v) is 8.18. The second-order valence-corrected chi connectivity index (χ2v) is 10.6. The van der Waals surface area contributed by atoms with Gasteiger partial charge in [-0.1, -0.05) is 56.2 Å². The molecule has 2 fully saturated rings. The highest BCUT2D eigenvalue weighted by atomic mass is 32.2. The minimum absolute atomic E-state index is 0.000673.